The summed E-state index contributed by atoms with van der Waals surface area (Å²) < 4.78 is 44.0. The Morgan fingerprint density at radius 2 is 1.91 bits per heavy atom. The molecule has 35 heavy (non-hydrogen) atoms. The molecule has 1 saturated heterocycles. The second-order valence-corrected chi connectivity index (χ2v) is 10.9. The first-order chi connectivity index (χ1) is 16.8. The predicted octanol–water partition coefficient (Wildman–Crippen LogP) is 4.27. The lowest BCUT2D eigenvalue weighted by atomic mass is 9.97. The van der Waals surface area contributed by atoms with E-state index in [4.69, 9.17) is 14.0 Å². The predicted molar refractivity (Wildman–Crippen MR) is 134 cm³/mol. The molecule has 4 rings (SSSR count). The van der Waals surface area contributed by atoms with Crippen LogP contribution < -0.4 is 14.8 Å². The highest BCUT2D eigenvalue weighted by Gasteiger charge is 2.36. The van der Waals surface area contributed by atoms with Gasteiger partial charge in [0.05, 0.1) is 14.2 Å². The summed E-state index contributed by atoms with van der Waals surface area (Å²) in [6.45, 7) is 2.07. The van der Waals surface area contributed by atoms with Crippen LogP contribution in [0.25, 0.3) is 12.2 Å². The molecule has 1 amide bonds. The Morgan fingerprint density at radius 1 is 1.17 bits per heavy atom. The van der Waals surface area contributed by atoms with E-state index in [1.807, 2.05) is 17.5 Å². The van der Waals surface area contributed by atoms with Crippen LogP contribution in [0, 0.1) is 12.8 Å². The van der Waals surface area contributed by atoms with E-state index in [1.165, 1.54) is 22.8 Å². The van der Waals surface area contributed by atoms with Crippen LogP contribution in [0.15, 0.2) is 45.1 Å². The molecule has 1 aliphatic rings. The highest BCUT2D eigenvalue weighted by Crippen LogP contribution is 2.32. The summed E-state index contributed by atoms with van der Waals surface area (Å²) in [4.78, 5) is 13.9. The zero-order valence-corrected chi connectivity index (χ0v) is 21.3. The number of amides is 1. The van der Waals surface area contributed by atoms with Gasteiger partial charge in [0.1, 0.15) is 5.69 Å². The van der Waals surface area contributed by atoms with E-state index in [-0.39, 0.29) is 35.6 Å². The number of rotatable bonds is 8. The minimum absolute atomic E-state index is 0.0681. The largest absolute Gasteiger partial charge is 0.493 e. The maximum absolute atomic E-state index is 13.4. The SMILES string of the molecule is COc1ccc(NC(=O)C2CCN(S(=O)(=O)c3c(C)noc3/C=C/c3cccs3)CC2)cc1OC. The third-order valence-corrected chi connectivity index (χ3v) is 8.74. The number of benzene rings is 1. The van der Waals surface area contributed by atoms with Gasteiger partial charge in [0.15, 0.2) is 22.2 Å². The first kappa shape index (κ1) is 25.0. The molecule has 1 aliphatic heterocycles. The lowest BCUT2D eigenvalue weighted by molar-refractivity contribution is -0.120. The molecule has 1 fully saturated rings. The number of aryl methyl sites for hydroxylation is 1. The fourth-order valence-electron chi connectivity index (χ4n) is 3.99. The first-order valence-corrected chi connectivity index (χ1v) is 13.4. The van der Waals surface area contributed by atoms with Crippen LogP contribution in [-0.4, -0.2) is 51.1 Å². The molecule has 0 radical (unpaired) electrons. The fourth-order valence-corrected chi connectivity index (χ4v) is 6.33. The van der Waals surface area contributed by atoms with Gasteiger partial charge in [-0.3, -0.25) is 4.79 Å². The smallest absolute Gasteiger partial charge is 0.248 e. The molecular formula is C24H27N3O6S2. The Hall–Kier alpha value is -3.15. The Balaban J connectivity index is 1.42. The van der Waals surface area contributed by atoms with Crippen LogP contribution in [-0.2, 0) is 14.8 Å². The summed E-state index contributed by atoms with van der Waals surface area (Å²) >= 11 is 1.54. The second kappa shape index (κ2) is 10.6. The Morgan fingerprint density at radius 3 is 2.57 bits per heavy atom. The number of nitrogens with one attached hydrogen (secondary N) is 1. The molecule has 0 saturated carbocycles. The van der Waals surface area contributed by atoms with Crippen molar-refractivity contribution in [2.75, 3.05) is 32.6 Å². The van der Waals surface area contributed by atoms with E-state index >= 15 is 0 Å². The van der Waals surface area contributed by atoms with E-state index in [2.05, 4.69) is 10.5 Å². The minimum atomic E-state index is -3.83. The van der Waals surface area contributed by atoms with Crippen LogP contribution >= 0.6 is 11.3 Å². The number of hydrogen-bond donors (Lipinski definition) is 1. The maximum atomic E-state index is 13.4. The summed E-state index contributed by atoms with van der Waals surface area (Å²) in [5, 5.41) is 8.71. The average Bonchev–Trinajstić information content (AvgIpc) is 3.52. The van der Waals surface area contributed by atoms with E-state index in [0.717, 1.165) is 4.88 Å². The van der Waals surface area contributed by atoms with Crippen molar-refractivity contribution in [2.45, 2.75) is 24.7 Å². The highest BCUT2D eigenvalue weighted by molar-refractivity contribution is 7.89. The quantitative estimate of drug-likeness (QED) is 0.475. The monoisotopic (exact) mass is 517 g/mol. The third-order valence-electron chi connectivity index (χ3n) is 5.85. The summed E-state index contributed by atoms with van der Waals surface area (Å²) in [7, 11) is -0.757. The van der Waals surface area contributed by atoms with Gasteiger partial charge in [0, 0.05) is 35.6 Å². The van der Waals surface area contributed by atoms with Gasteiger partial charge in [-0.15, -0.1) is 11.3 Å². The van der Waals surface area contributed by atoms with Crippen molar-refractivity contribution in [1.29, 1.82) is 0 Å². The lowest BCUT2D eigenvalue weighted by Gasteiger charge is -2.30. The van der Waals surface area contributed by atoms with Crippen molar-refractivity contribution < 1.29 is 27.2 Å². The van der Waals surface area contributed by atoms with Gasteiger partial charge in [-0.25, -0.2) is 8.42 Å². The topological polar surface area (TPSA) is 111 Å². The van der Waals surface area contributed by atoms with Gasteiger partial charge in [0.2, 0.25) is 15.9 Å². The van der Waals surface area contributed by atoms with E-state index in [9.17, 15) is 13.2 Å². The number of ether oxygens (including phenoxy) is 2. The lowest BCUT2D eigenvalue weighted by Crippen LogP contribution is -2.41. The van der Waals surface area contributed by atoms with E-state index < -0.39 is 10.0 Å². The number of hydrogen-bond acceptors (Lipinski definition) is 8. The molecule has 11 heteroatoms. The first-order valence-electron chi connectivity index (χ1n) is 11.0. The van der Waals surface area contributed by atoms with Crippen molar-refractivity contribution in [3.8, 4) is 11.5 Å². The van der Waals surface area contributed by atoms with E-state index in [0.29, 0.717) is 35.7 Å². The van der Waals surface area contributed by atoms with Crippen LogP contribution in [0.4, 0.5) is 5.69 Å². The number of piperidine rings is 1. The van der Waals surface area contributed by atoms with Gasteiger partial charge in [-0.1, -0.05) is 11.2 Å². The summed E-state index contributed by atoms with van der Waals surface area (Å²) in [5.41, 5.74) is 0.897. The molecule has 0 atom stereocenters. The molecule has 186 valence electrons. The molecule has 0 bridgehead atoms. The average molecular weight is 518 g/mol. The van der Waals surface area contributed by atoms with Gasteiger partial charge >= 0.3 is 0 Å². The van der Waals surface area contributed by atoms with Crippen molar-refractivity contribution >= 4 is 45.1 Å². The number of aromatic nitrogens is 1. The number of methoxy groups -OCH3 is 2. The second-order valence-electron chi connectivity index (χ2n) is 8.05. The zero-order chi connectivity index (χ0) is 25.0. The number of sulfonamides is 1. The molecule has 0 spiro atoms. The normalized spacial score (nSPS) is 15.4. The van der Waals surface area contributed by atoms with Gasteiger partial charge in [0.25, 0.3) is 0 Å². The minimum Gasteiger partial charge on any atom is -0.493 e. The molecule has 9 nitrogen and oxygen atoms in total. The molecule has 3 heterocycles. The summed E-state index contributed by atoms with van der Waals surface area (Å²) in [6, 6.07) is 8.99. The fraction of sp³-hybridized carbons (Fsp3) is 0.333. The van der Waals surface area contributed by atoms with Crippen molar-refractivity contribution in [3.63, 3.8) is 0 Å². The van der Waals surface area contributed by atoms with E-state index in [1.54, 1.807) is 44.4 Å². The number of carbonyl (C=O) groups is 1. The molecule has 0 aliphatic carbocycles. The van der Waals surface area contributed by atoms with Crippen LogP contribution in [0.3, 0.4) is 0 Å². The Kier molecular flexibility index (Phi) is 7.58. The van der Waals surface area contributed by atoms with Crippen LogP contribution in [0.5, 0.6) is 11.5 Å². The number of thiophene rings is 1. The highest BCUT2D eigenvalue weighted by atomic mass is 32.2. The van der Waals surface area contributed by atoms with Crippen LogP contribution in [0.1, 0.15) is 29.2 Å². The van der Waals surface area contributed by atoms with Gasteiger partial charge < -0.3 is 19.3 Å². The van der Waals surface area contributed by atoms with Crippen LogP contribution in [0.2, 0.25) is 0 Å². The number of nitrogens with zero attached hydrogens (tertiary/aromatic N) is 2. The molecule has 1 aromatic carbocycles. The van der Waals surface area contributed by atoms with Gasteiger partial charge in [-0.2, -0.15) is 4.31 Å². The van der Waals surface area contributed by atoms with Gasteiger partial charge in [-0.05, 0) is 55.5 Å². The Labute approximate surface area is 208 Å². The molecular weight excluding hydrogens is 490 g/mol. The molecule has 0 unspecified atom stereocenters. The third kappa shape index (κ3) is 5.42. The molecule has 3 aromatic rings. The van der Waals surface area contributed by atoms with Crippen molar-refractivity contribution in [1.82, 2.24) is 9.46 Å². The number of anilines is 1. The zero-order valence-electron chi connectivity index (χ0n) is 19.7. The molecule has 2 aromatic heterocycles. The maximum Gasteiger partial charge on any atom is 0.248 e. The van der Waals surface area contributed by atoms with Crippen molar-refractivity contribution in [2.24, 2.45) is 5.92 Å². The standard InChI is InChI=1S/C24H27N3O6S2/c1-16-23(21(33-26-16)9-7-19-5-4-14-34-19)35(29,30)27-12-10-17(11-13-27)24(28)25-18-6-8-20(31-2)22(15-18)32-3/h4-9,14-15,17H,10-13H2,1-3H3,(H,25,28)/b9-7+. The number of carbonyl (C=O) groups excluding carboxylic acids is 1. The summed E-state index contributed by atoms with van der Waals surface area (Å²) in [6.07, 6.45) is 4.24. The van der Waals surface area contributed by atoms with Crippen molar-refractivity contribution in [3.05, 3.63) is 52.0 Å². The molecule has 1 N–H and O–H groups in total. The Bertz CT molecular complexity index is 1310. The summed E-state index contributed by atoms with van der Waals surface area (Å²) in [5.74, 6) is 0.812.